The SMILES string of the molecule is CC(C)NCc1ccncc1N(C)C1CCCCC1. The lowest BCUT2D eigenvalue weighted by atomic mass is 9.94. The first kappa shape index (κ1) is 14.3. The second-order valence-corrected chi connectivity index (χ2v) is 5.94. The highest BCUT2D eigenvalue weighted by Crippen LogP contribution is 2.27. The molecule has 0 atom stereocenters. The van der Waals surface area contributed by atoms with E-state index in [1.165, 1.54) is 43.4 Å². The lowest BCUT2D eigenvalue weighted by Gasteiger charge is -2.34. The molecule has 3 heteroatoms. The number of hydrogen-bond donors (Lipinski definition) is 1. The van der Waals surface area contributed by atoms with E-state index < -0.39 is 0 Å². The second kappa shape index (κ2) is 6.90. The highest BCUT2D eigenvalue weighted by molar-refractivity contribution is 5.52. The molecule has 1 fully saturated rings. The van der Waals surface area contributed by atoms with Crippen LogP contribution in [0.1, 0.15) is 51.5 Å². The van der Waals surface area contributed by atoms with E-state index >= 15 is 0 Å². The molecule has 19 heavy (non-hydrogen) atoms. The van der Waals surface area contributed by atoms with Crippen LogP contribution in [0.5, 0.6) is 0 Å². The van der Waals surface area contributed by atoms with E-state index in [9.17, 15) is 0 Å². The Morgan fingerprint density at radius 1 is 1.32 bits per heavy atom. The molecule has 0 radical (unpaired) electrons. The third-order valence-corrected chi connectivity index (χ3v) is 4.09. The zero-order valence-corrected chi connectivity index (χ0v) is 12.5. The molecule has 0 aliphatic heterocycles. The maximum absolute atomic E-state index is 4.32. The molecule has 1 aliphatic rings. The van der Waals surface area contributed by atoms with Crippen molar-refractivity contribution >= 4 is 5.69 Å². The summed E-state index contributed by atoms with van der Waals surface area (Å²) >= 11 is 0. The van der Waals surface area contributed by atoms with Gasteiger partial charge in [-0.1, -0.05) is 33.1 Å². The number of aromatic nitrogens is 1. The van der Waals surface area contributed by atoms with Crippen molar-refractivity contribution in [1.82, 2.24) is 10.3 Å². The number of anilines is 1. The maximum atomic E-state index is 4.32. The van der Waals surface area contributed by atoms with Crippen molar-refractivity contribution in [3.05, 3.63) is 24.0 Å². The molecular weight excluding hydrogens is 234 g/mol. The highest BCUT2D eigenvalue weighted by Gasteiger charge is 2.20. The second-order valence-electron chi connectivity index (χ2n) is 5.94. The first-order valence-corrected chi connectivity index (χ1v) is 7.57. The Morgan fingerprint density at radius 2 is 2.05 bits per heavy atom. The van der Waals surface area contributed by atoms with Crippen LogP contribution in [0.15, 0.2) is 18.5 Å². The van der Waals surface area contributed by atoms with E-state index in [2.05, 4.69) is 42.2 Å². The zero-order valence-electron chi connectivity index (χ0n) is 12.5. The van der Waals surface area contributed by atoms with Gasteiger partial charge in [0.25, 0.3) is 0 Å². The Morgan fingerprint density at radius 3 is 2.74 bits per heavy atom. The van der Waals surface area contributed by atoms with Gasteiger partial charge >= 0.3 is 0 Å². The molecular formula is C16H27N3. The smallest absolute Gasteiger partial charge is 0.0598 e. The van der Waals surface area contributed by atoms with Crippen LogP contribution in [-0.2, 0) is 6.54 Å². The van der Waals surface area contributed by atoms with Crippen LogP contribution in [0.4, 0.5) is 5.69 Å². The van der Waals surface area contributed by atoms with Crippen LogP contribution < -0.4 is 10.2 Å². The zero-order chi connectivity index (χ0) is 13.7. The topological polar surface area (TPSA) is 28.2 Å². The average Bonchev–Trinajstić information content (AvgIpc) is 2.45. The van der Waals surface area contributed by atoms with Gasteiger partial charge in [0.1, 0.15) is 0 Å². The molecule has 1 aliphatic carbocycles. The molecule has 0 amide bonds. The van der Waals surface area contributed by atoms with E-state index in [0.29, 0.717) is 12.1 Å². The molecule has 2 rings (SSSR count). The third-order valence-electron chi connectivity index (χ3n) is 4.09. The lowest BCUT2D eigenvalue weighted by Crippen LogP contribution is -2.34. The third kappa shape index (κ3) is 3.93. The molecule has 1 heterocycles. The van der Waals surface area contributed by atoms with E-state index in [1.54, 1.807) is 0 Å². The Balaban J connectivity index is 2.08. The molecule has 0 bridgehead atoms. The molecule has 1 aromatic heterocycles. The van der Waals surface area contributed by atoms with Crippen molar-refractivity contribution in [3.63, 3.8) is 0 Å². The summed E-state index contributed by atoms with van der Waals surface area (Å²) in [5.74, 6) is 0. The summed E-state index contributed by atoms with van der Waals surface area (Å²) in [6.07, 6.45) is 10.7. The summed E-state index contributed by atoms with van der Waals surface area (Å²) in [6.45, 7) is 5.30. The summed E-state index contributed by atoms with van der Waals surface area (Å²) in [5.41, 5.74) is 2.65. The number of rotatable bonds is 5. The average molecular weight is 261 g/mol. The normalized spacial score (nSPS) is 16.8. The summed E-state index contributed by atoms with van der Waals surface area (Å²) in [6, 6.07) is 3.35. The quantitative estimate of drug-likeness (QED) is 0.881. The Bertz CT molecular complexity index is 383. The van der Waals surface area contributed by atoms with E-state index in [-0.39, 0.29) is 0 Å². The predicted octanol–water partition coefficient (Wildman–Crippen LogP) is 3.35. The number of hydrogen-bond acceptors (Lipinski definition) is 3. The van der Waals surface area contributed by atoms with Crippen LogP contribution in [0.25, 0.3) is 0 Å². The lowest BCUT2D eigenvalue weighted by molar-refractivity contribution is 0.426. The summed E-state index contributed by atoms with van der Waals surface area (Å²) in [5, 5.41) is 3.51. The molecule has 1 N–H and O–H groups in total. The van der Waals surface area contributed by atoms with E-state index in [1.807, 2.05) is 12.4 Å². The van der Waals surface area contributed by atoms with Gasteiger partial charge < -0.3 is 10.2 Å². The molecule has 0 spiro atoms. The largest absolute Gasteiger partial charge is 0.370 e. The van der Waals surface area contributed by atoms with Crippen LogP contribution >= 0.6 is 0 Å². The first-order chi connectivity index (χ1) is 9.18. The molecule has 1 aromatic rings. The fourth-order valence-corrected chi connectivity index (χ4v) is 2.86. The summed E-state index contributed by atoms with van der Waals surface area (Å²) in [7, 11) is 2.23. The Labute approximate surface area is 117 Å². The Hall–Kier alpha value is -1.09. The minimum atomic E-state index is 0.515. The van der Waals surface area contributed by atoms with Gasteiger partial charge in [0.05, 0.1) is 11.9 Å². The van der Waals surface area contributed by atoms with E-state index in [0.717, 1.165) is 6.54 Å². The molecule has 3 nitrogen and oxygen atoms in total. The number of pyridine rings is 1. The molecule has 0 unspecified atom stereocenters. The summed E-state index contributed by atoms with van der Waals surface area (Å²) < 4.78 is 0. The predicted molar refractivity (Wildman–Crippen MR) is 81.5 cm³/mol. The summed E-state index contributed by atoms with van der Waals surface area (Å²) in [4.78, 5) is 6.77. The Kier molecular flexibility index (Phi) is 5.20. The van der Waals surface area contributed by atoms with Gasteiger partial charge in [-0.3, -0.25) is 4.98 Å². The van der Waals surface area contributed by atoms with E-state index in [4.69, 9.17) is 0 Å². The molecule has 0 saturated heterocycles. The minimum absolute atomic E-state index is 0.515. The molecule has 106 valence electrons. The van der Waals surface area contributed by atoms with Gasteiger partial charge in [0, 0.05) is 31.9 Å². The minimum Gasteiger partial charge on any atom is -0.370 e. The highest BCUT2D eigenvalue weighted by atomic mass is 15.1. The van der Waals surface area contributed by atoms with Gasteiger partial charge in [0.15, 0.2) is 0 Å². The van der Waals surface area contributed by atoms with Gasteiger partial charge in [-0.2, -0.15) is 0 Å². The van der Waals surface area contributed by atoms with Gasteiger partial charge in [-0.25, -0.2) is 0 Å². The molecule has 0 aromatic carbocycles. The van der Waals surface area contributed by atoms with Gasteiger partial charge in [0.2, 0.25) is 0 Å². The van der Waals surface area contributed by atoms with Crippen molar-refractivity contribution < 1.29 is 0 Å². The maximum Gasteiger partial charge on any atom is 0.0598 e. The fourth-order valence-electron chi connectivity index (χ4n) is 2.86. The van der Waals surface area contributed by atoms with Crippen molar-refractivity contribution in [2.24, 2.45) is 0 Å². The van der Waals surface area contributed by atoms with Gasteiger partial charge in [-0.15, -0.1) is 0 Å². The molecule has 1 saturated carbocycles. The van der Waals surface area contributed by atoms with Crippen molar-refractivity contribution in [1.29, 1.82) is 0 Å². The fraction of sp³-hybridized carbons (Fsp3) is 0.688. The van der Waals surface area contributed by atoms with Crippen LogP contribution in [-0.4, -0.2) is 24.1 Å². The van der Waals surface area contributed by atoms with Crippen LogP contribution in [0.3, 0.4) is 0 Å². The van der Waals surface area contributed by atoms with Crippen molar-refractivity contribution in [3.8, 4) is 0 Å². The van der Waals surface area contributed by atoms with Crippen molar-refractivity contribution in [2.45, 2.75) is 64.6 Å². The number of nitrogens with one attached hydrogen (secondary N) is 1. The van der Waals surface area contributed by atoms with Crippen molar-refractivity contribution in [2.75, 3.05) is 11.9 Å². The monoisotopic (exact) mass is 261 g/mol. The number of nitrogens with zero attached hydrogens (tertiary/aromatic N) is 2. The van der Waals surface area contributed by atoms with Crippen LogP contribution in [0.2, 0.25) is 0 Å². The standard InChI is InChI=1S/C16H27N3/c1-13(2)18-11-14-9-10-17-12-16(14)19(3)15-7-5-4-6-8-15/h9-10,12-13,15,18H,4-8,11H2,1-3H3. The van der Waals surface area contributed by atoms with Crippen LogP contribution in [0, 0.1) is 0 Å². The van der Waals surface area contributed by atoms with Gasteiger partial charge in [-0.05, 0) is 24.5 Å². The first-order valence-electron chi connectivity index (χ1n) is 7.57.